The van der Waals surface area contributed by atoms with Crippen molar-refractivity contribution in [1.82, 2.24) is 15.2 Å². The maximum Gasteiger partial charge on any atom is 0.316 e. The molecule has 0 saturated carbocycles. The first-order chi connectivity index (χ1) is 6.72. The number of nitrogens with one attached hydrogen (secondary N) is 1. The quantitative estimate of drug-likeness (QED) is 0.554. The number of carbonyl (C=O) groups is 1. The van der Waals surface area contributed by atoms with Crippen molar-refractivity contribution in [3.63, 3.8) is 0 Å². The van der Waals surface area contributed by atoms with Gasteiger partial charge in [0.1, 0.15) is 6.20 Å². The summed E-state index contributed by atoms with van der Waals surface area (Å²) in [6, 6.07) is 0. The summed E-state index contributed by atoms with van der Waals surface area (Å²) in [5, 5.41) is 7.37. The van der Waals surface area contributed by atoms with Crippen LogP contribution in [-0.4, -0.2) is 33.5 Å². The Morgan fingerprint density at radius 1 is 1.71 bits per heavy atom. The Kier molecular flexibility index (Phi) is 4.11. The van der Waals surface area contributed by atoms with Crippen LogP contribution in [0.1, 0.15) is 6.92 Å². The highest BCUT2D eigenvalue weighted by atomic mass is 32.2. The number of hydrogen-bond acceptors (Lipinski definition) is 6. The van der Waals surface area contributed by atoms with Crippen molar-refractivity contribution in [3.8, 4) is 0 Å². The first-order valence-electron chi connectivity index (χ1n) is 3.92. The van der Waals surface area contributed by atoms with Gasteiger partial charge in [-0.25, -0.2) is 0 Å². The molecular formula is C7H9N3O3S. The second-order valence-corrected chi connectivity index (χ2v) is 3.20. The molecule has 7 heteroatoms. The Morgan fingerprint density at radius 2 is 2.50 bits per heavy atom. The predicted octanol–water partition coefficient (Wildman–Crippen LogP) is -0.180. The maximum absolute atomic E-state index is 10.9. The van der Waals surface area contributed by atoms with Crippen molar-refractivity contribution in [2.24, 2.45) is 0 Å². The summed E-state index contributed by atoms with van der Waals surface area (Å²) in [6.45, 7) is 2.07. The molecule has 1 heterocycles. The van der Waals surface area contributed by atoms with E-state index in [0.717, 1.165) is 18.0 Å². The van der Waals surface area contributed by atoms with Crippen molar-refractivity contribution < 1.29 is 9.53 Å². The van der Waals surface area contributed by atoms with E-state index in [9.17, 15) is 9.59 Å². The number of rotatable bonds is 4. The Bertz CT molecular complexity index is 365. The molecule has 1 aromatic rings. The van der Waals surface area contributed by atoms with Gasteiger partial charge >= 0.3 is 5.97 Å². The van der Waals surface area contributed by atoms with Gasteiger partial charge in [0.05, 0.1) is 12.4 Å². The molecular weight excluding hydrogens is 206 g/mol. The van der Waals surface area contributed by atoms with Crippen LogP contribution in [0.15, 0.2) is 16.1 Å². The third-order valence-corrected chi connectivity index (χ3v) is 2.02. The molecule has 1 aromatic heterocycles. The Morgan fingerprint density at radius 3 is 3.14 bits per heavy atom. The highest BCUT2D eigenvalue weighted by molar-refractivity contribution is 7.99. The van der Waals surface area contributed by atoms with Crippen LogP contribution in [0.2, 0.25) is 0 Å². The maximum atomic E-state index is 10.9. The van der Waals surface area contributed by atoms with Gasteiger partial charge in [-0.3, -0.25) is 14.6 Å². The highest BCUT2D eigenvalue weighted by Gasteiger charge is 2.04. The Labute approximate surface area is 84.1 Å². The lowest BCUT2D eigenvalue weighted by atomic mass is 10.8. The Hall–Kier alpha value is -1.37. The number of aromatic nitrogens is 3. The molecule has 0 atom stereocenters. The van der Waals surface area contributed by atoms with Crippen molar-refractivity contribution in [2.45, 2.75) is 12.1 Å². The molecule has 1 rings (SSSR count). The van der Waals surface area contributed by atoms with Crippen LogP contribution in [0.4, 0.5) is 0 Å². The second-order valence-electron chi connectivity index (χ2n) is 2.23. The van der Waals surface area contributed by atoms with Gasteiger partial charge in [0.25, 0.3) is 5.56 Å². The van der Waals surface area contributed by atoms with Crippen LogP contribution in [0.25, 0.3) is 0 Å². The first-order valence-corrected chi connectivity index (χ1v) is 4.91. The van der Waals surface area contributed by atoms with E-state index in [1.807, 2.05) is 0 Å². The number of esters is 1. The van der Waals surface area contributed by atoms with Gasteiger partial charge in [-0.1, -0.05) is 11.8 Å². The van der Waals surface area contributed by atoms with Gasteiger partial charge in [-0.05, 0) is 6.92 Å². The summed E-state index contributed by atoms with van der Waals surface area (Å²) in [7, 11) is 0. The average Bonchev–Trinajstić information content (AvgIpc) is 2.15. The molecule has 6 nitrogen and oxygen atoms in total. The molecule has 0 aromatic carbocycles. The number of aromatic amines is 1. The molecule has 0 aliphatic rings. The van der Waals surface area contributed by atoms with Gasteiger partial charge < -0.3 is 4.74 Å². The lowest BCUT2D eigenvalue weighted by Gasteiger charge is -1.99. The van der Waals surface area contributed by atoms with Crippen LogP contribution in [0, 0.1) is 0 Å². The summed E-state index contributed by atoms with van der Waals surface area (Å²) in [4.78, 5) is 24.1. The molecule has 0 fully saturated rings. The predicted molar refractivity (Wildman–Crippen MR) is 50.0 cm³/mol. The zero-order chi connectivity index (χ0) is 10.4. The zero-order valence-electron chi connectivity index (χ0n) is 7.52. The van der Waals surface area contributed by atoms with Gasteiger partial charge in [-0.15, -0.1) is 5.10 Å². The number of carbonyl (C=O) groups excluding carboxylic acids is 1. The number of ether oxygens (including phenoxy) is 1. The number of H-pyrrole nitrogens is 1. The summed E-state index contributed by atoms with van der Waals surface area (Å²) in [5.74, 6) is -0.230. The average molecular weight is 215 g/mol. The van der Waals surface area contributed by atoms with Crippen LogP contribution in [0.5, 0.6) is 0 Å². The largest absolute Gasteiger partial charge is 0.465 e. The third-order valence-electron chi connectivity index (χ3n) is 1.19. The minimum absolute atomic E-state index is 0.114. The molecule has 14 heavy (non-hydrogen) atoms. The van der Waals surface area contributed by atoms with E-state index in [4.69, 9.17) is 4.74 Å². The molecule has 1 N–H and O–H groups in total. The standard InChI is InChI=1S/C7H9N3O3S/c1-2-13-6(12)4-14-7-9-5(11)3-8-10-7/h3H,2,4H2,1H3,(H,9,10,11). The van der Waals surface area contributed by atoms with Gasteiger partial charge in [0.2, 0.25) is 0 Å². The van der Waals surface area contributed by atoms with E-state index in [-0.39, 0.29) is 17.3 Å². The highest BCUT2D eigenvalue weighted by Crippen LogP contribution is 2.08. The lowest BCUT2D eigenvalue weighted by Crippen LogP contribution is -2.11. The van der Waals surface area contributed by atoms with Crippen molar-refractivity contribution in [2.75, 3.05) is 12.4 Å². The van der Waals surface area contributed by atoms with E-state index in [1.165, 1.54) is 0 Å². The van der Waals surface area contributed by atoms with E-state index in [1.54, 1.807) is 6.92 Å². The molecule has 0 bridgehead atoms. The van der Waals surface area contributed by atoms with E-state index in [2.05, 4.69) is 15.2 Å². The number of nitrogens with zero attached hydrogens (tertiary/aromatic N) is 2. The molecule has 0 radical (unpaired) electrons. The minimum atomic E-state index is -0.344. The molecule has 0 amide bonds. The monoisotopic (exact) mass is 215 g/mol. The molecule has 0 saturated heterocycles. The molecule has 76 valence electrons. The lowest BCUT2D eigenvalue weighted by molar-refractivity contribution is -0.139. The van der Waals surface area contributed by atoms with Gasteiger partial charge in [-0.2, -0.15) is 5.10 Å². The minimum Gasteiger partial charge on any atom is -0.465 e. The van der Waals surface area contributed by atoms with Crippen LogP contribution >= 0.6 is 11.8 Å². The van der Waals surface area contributed by atoms with Crippen LogP contribution in [-0.2, 0) is 9.53 Å². The fourth-order valence-electron chi connectivity index (χ4n) is 0.691. The van der Waals surface area contributed by atoms with Gasteiger partial charge in [0, 0.05) is 0 Å². The number of hydrogen-bond donors (Lipinski definition) is 1. The van der Waals surface area contributed by atoms with Crippen LogP contribution in [0.3, 0.4) is 0 Å². The molecule has 0 aliphatic carbocycles. The summed E-state index contributed by atoms with van der Waals surface area (Å²) >= 11 is 1.08. The first kappa shape index (κ1) is 10.7. The summed E-state index contributed by atoms with van der Waals surface area (Å²) in [5.41, 5.74) is -0.341. The van der Waals surface area contributed by atoms with Gasteiger partial charge in [0.15, 0.2) is 5.16 Å². The third kappa shape index (κ3) is 3.56. The second kappa shape index (κ2) is 5.38. The van der Waals surface area contributed by atoms with E-state index >= 15 is 0 Å². The summed E-state index contributed by atoms with van der Waals surface area (Å²) < 4.78 is 4.69. The Balaban J connectivity index is 2.46. The van der Waals surface area contributed by atoms with Crippen molar-refractivity contribution in [1.29, 1.82) is 0 Å². The molecule has 0 aliphatic heterocycles. The fraction of sp³-hybridized carbons (Fsp3) is 0.429. The number of thioether (sulfide) groups is 1. The van der Waals surface area contributed by atoms with E-state index in [0.29, 0.717) is 11.8 Å². The smallest absolute Gasteiger partial charge is 0.316 e. The van der Waals surface area contributed by atoms with E-state index < -0.39 is 0 Å². The SMILES string of the molecule is CCOC(=O)CSc1nncc(=O)[nH]1. The molecule has 0 unspecified atom stereocenters. The fourth-order valence-corrected chi connectivity index (χ4v) is 1.31. The van der Waals surface area contributed by atoms with Crippen molar-refractivity contribution in [3.05, 3.63) is 16.6 Å². The van der Waals surface area contributed by atoms with Crippen LogP contribution < -0.4 is 5.56 Å². The normalized spacial score (nSPS) is 9.79. The zero-order valence-corrected chi connectivity index (χ0v) is 8.34. The summed E-state index contributed by atoms with van der Waals surface area (Å²) in [6.07, 6.45) is 1.06. The molecule has 0 spiro atoms. The van der Waals surface area contributed by atoms with Crippen molar-refractivity contribution >= 4 is 17.7 Å². The topological polar surface area (TPSA) is 84.9 Å².